The fourth-order valence-electron chi connectivity index (χ4n) is 1.97. The van der Waals surface area contributed by atoms with Crippen LogP contribution in [-0.4, -0.2) is 15.9 Å². The van der Waals surface area contributed by atoms with Crippen LogP contribution in [0.3, 0.4) is 0 Å². The lowest BCUT2D eigenvalue weighted by Crippen LogP contribution is -2.22. The van der Waals surface area contributed by atoms with E-state index in [1.807, 2.05) is 35.7 Å². The zero-order valence-electron chi connectivity index (χ0n) is 10.1. The van der Waals surface area contributed by atoms with E-state index in [4.69, 9.17) is 0 Å². The number of nitrogens with one attached hydrogen (secondary N) is 1. The Morgan fingerprint density at radius 2 is 2.35 bits per heavy atom. The molecule has 0 aliphatic heterocycles. The molecule has 17 heavy (non-hydrogen) atoms. The Kier molecular flexibility index (Phi) is 3.40. The number of hydrogen-bond acceptors (Lipinski definition) is 3. The fourth-order valence-corrected chi connectivity index (χ4v) is 1.97. The molecule has 1 atom stereocenters. The zero-order valence-corrected chi connectivity index (χ0v) is 10.1. The molecule has 0 saturated carbocycles. The molecule has 4 nitrogen and oxygen atoms in total. The van der Waals surface area contributed by atoms with Gasteiger partial charge in [0.25, 0.3) is 0 Å². The molecule has 4 heteroatoms. The number of aryl methyl sites for hydroxylation is 1. The molecule has 0 aliphatic carbocycles. The van der Waals surface area contributed by atoms with Crippen molar-refractivity contribution in [3.05, 3.63) is 35.8 Å². The SMILES string of the molecule is CCCNC(C#N)c1c(C)nc2ccccn12. The molecule has 0 radical (unpaired) electrons. The third-order valence-electron chi connectivity index (χ3n) is 2.75. The van der Waals surface area contributed by atoms with Crippen LogP contribution < -0.4 is 5.32 Å². The molecule has 0 aliphatic rings. The lowest BCUT2D eigenvalue weighted by molar-refractivity contribution is 0.603. The van der Waals surface area contributed by atoms with Gasteiger partial charge in [-0.25, -0.2) is 4.98 Å². The van der Waals surface area contributed by atoms with Gasteiger partial charge in [0.2, 0.25) is 0 Å². The number of rotatable bonds is 4. The van der Waals surface area contributed by atoms with Crippen LogP contribution in [0.4, 0.5) is 0 Å². The molecule has 1 N–H and O–H groups in total. The summed E-state index contributed by atoms with van der Waals surface area (Å²) in [5, 5.41) is 12.5. The maximum atomic E-state index is 9.25. The summed E-state index contributed by atoms with van der Waals surface area (Å²) in [5.74, 6) is 0. The first-order chi connectivity index (χ1) is 8.27. The highest BCUT2D eigenvalue weighted by molar-refractivity contribution is 5.44. The zero-order chi connectivity index (χ0) is 12.3. The molecule has 2 rings (SSSR count). The molecule has 0 amide bonds. The Morgan fingerprint density at radius 3 is 3.06 bits per heavy atom. The Bertz CT molecular complexity index is 550. The van der Waals surface area contributed by atoms with E-state index in [1.54, 1.807) is 0 Å². The van der Waals surface area contributed by atoms with Gasteiger partial charge in [-0.2, -0.15) is 5.26 Å². The normalized spacial score (nSPS) is 12.5. The van der Waals surface area contributed by atoms with Crippen LogP contribution in [0.5, 0.6) is 0 Å². The van der Waals surface area contributed by atoms with Crippen LogP contribution in [0, 0.1) is 18.3 Å². The number of pyridine rings is 1. The molecule has 0 spiro atoms. The average Bonchev–Trinajstić information content (AvgIpc) is 2.67. The van der Waals surface area contributed by atoms with E-state index in [0.717, 1.165) is 30.0 Å². The van der Waals surface area contributed by atoms with Crippen molar-refractivity contribution in [3.63, 3.8) is 0 Å². The van der Waals surface area contributed by atoms with Crippen molar-refractivity contribution in [3.8, 4) is 6.07 Å². The summed E-state index contributed by atoms with van der Waals surface area (Å²) >= 11 is 0. The number of fused-ring (bicyclic) bond motifs is 1. The van der Waals surface area contributed by atoms with E-state index in [2.05, 4.69) is 23.3 Å². The van der Waals surface area contributed by atoms with E-state index in [1.165, 1.54) is 0 Å². The molecule has 2 aromatic rings. The van der Waals surface area contributed by atoms with Crippen LogP contribution >= 0.6 is 0 Å². The van der Waals surface area contributed by atoms with E-state index < -0.39 is 0 Å². The largest absolute Gasteiger partial charge is 0.301 e. The summed E-state index contributed by atoms with van der Waals surface area (Å²) in [6.07, 6.45) is 2.95. The van der Waals surface area contributed by atoms with Gasteiger partial charge in [0.15, 0.2) is 0 Å². The summed E-state index contributed by atoms with van der Waals surface area (Å²) in [4.78, 5) is 4.46. The standard InChI is InChI=1S/C13H16N4/c1-3-7-15-11(9-14)13-10(2)16-12-6-4-5-8-17(12)13/h4-6,8,11,15H,3,7H2,1-2H3. The molecule has 2 aromatic heterocycles. The van der Waals surface area contributed by atoms with Gasteiger partial charge in [-0.1, -0.05) is 13.0 Å². The molecule has 0 aromatic carbocycles. The Labute approximate surface area is 101 Å². The molecule has 0 saturated heterocycles. The van der Waals surface area contributed by atoms with Gasteiger partial charge >= 0.3 is 0 Å². The lowest BCUT2D eigenvalue weighted by Gasteiger charge is -2.11. The number of aromatic nitrogens is 2. The first-order valence-corrected chi connectivity index (χ1v) is 5.84. The van der Waals surface area contributed by atoms with Crippen molar-refractivity contribution in [1.82, 2.24) is 14.7 Å². The number of nitrogens with zero attached hydrogens (tertiary/aromatic N) is 3. The Hall–Kier alpha value is -1.86. The van der Waals surface area contributed by atoms with Gasteiger partial charge in [0.1, 0.15) is 11.7 Å². The first-order valence-electron chi connectivity index (χ1n) is 5.84. The quantitative estimate of drug-likeness (QED) is 0.872. The van der Waals surface area contributed by atoms with E-state index in [0.29, 0.717) is 0 Å². The minimum atomic E-state index is -0.299. The van der Waals surface area contributed by atoms with Crippen molar-refractivity contribution in [2.45, 2.75) is 26.3 Å². The summed E-state index contributed by atoms with van der Waals surface area (Å²) in [5.41, 5.74) is 2.74. The number of nitriles is 1. The number of imidazole rings is 1. The summed E-state index contributed by atoms with van der Waals surface area (Å²) < 4.78 is 1.98. The molecule has 1 unspecified atom stereocenters. The van der Waals surface area contributed by atoms with Crippen LogP contribution in [0.25, 0.3) is 5.65 Å². The van der Waals surface area contributed by atoms with Gasteiger partial charge in [-0.15, -0.1) is 0 Å². The Morgan fingerprint density at radius 1 is 1.53 bits per heavy atom. The summed E-state index contributed by atoms with van der Waals surface area (Å²) in [6, 6.07) is 7.85. The third-order valence-corrected chi connectivity index (χ3v) is 2.75. The van der Waals surface area contributed by atoms with Crippen LogP contribution in [-0.2, 0) is 0 Å². The minimum Gasteiger partial charge on any atom is -0.301 e. The topological polar surface area (TPSA) is 53.1 Å². The molecule has 0 fully saturated rings. The smallest absolute Gasteiger partial charge is 0.138 e. The van der Waals surface area contributed by atoms with Crippen molar-refractivity contribution >= 4 is 5.65 Å². The second-order valence-corrected chi connectivity index (χ2v) is 4.03. The summed E-state index contributed by atoms with van der Waals surface area (Å²) in [6.45, 7) is 4.86. The first kappa shape index (κ1) is 11.6. The molecule has 88 valence electrons. The third kappa shape index (κ3) is 2.15. The molecule has 0 bridgehead atoms. The summed E-state index contributed by atoms with van der Waals surface area (Å²) in [7, 11) is 0. The highest BCUT2D eigenvalue weighted by Crippen LogP contribution is 2.19. The van der Waals surface area contributed by atoms with E-state index in [-0.39, 0.29) is 6.04 Å². The van der Waals surface area contributed by atoms with Gasteiger partial charge in [0, 0.05) is 6.20 Å². The predicted molar refractivity (Wildman–Crippen MR) is 66.6 cm³/mol. The number of hydrogen-bond donors (Lipinski definition) is 1. The maximum Gasteiger partial charge on any atom is 0.138 e. The van der Waals surface area contributed by atoms with E-state index in [9.17, 15) is 5.26 Å². The molecular weight excluding hydrogens is 212 g/mol. The van der Waals surface area contributed by atoms with Crippen molar-refractivity contribution in [2.24, 2.45) is 0 Å². The predicted octanol–water partition coefficient (Wildman–Crippen LogP) is 2.21. The van der Waals surface area contributed by atoms with Gasteiger partial charge in [0.05, 0.1) is 17.5 Å². The van der Waals surface area contributed by atoms with Crippen LogP contribution in [0.15, 0.2) is 24.4 Å². The van der Waals surface area contributed by atoms with Gasteiger partial charge < -0.3 is 4.40 Å². The second kappa shape index (κ2) is 4.98. The monoisotopic (exact) mass is 228 g/mol. The van der Waals surface area contributed by atoms with Crippen molar-refractivity contribution < 1.29 is 0 Å². The average molecular weight is 228 g/mol. The minimum absolute atomic E-state index is 0.299. The lowest BCUT2D eigenvalue weighted by atomic mass is 10.2. The van der Waals surface area contributed by atoms with Crippen LogP contribution in [0.1, 0.15) is 30.8 Å². The Balaban J connectivity index is 2.46. The maximum absolute atomic E-state index is 9.25. The fraction of sp³-hybridized carbons (Fsp3) is 0.385. The van der Waals surface area contributed by atoms with Gasteiger partial charge in [-0.3, -0.25) is 5.32 Å². The molecule has 2 heterocycles. The van der Waals surface area contributed by atoms with E-state index >= 15 is 0 Å². The van der Waals surface area contributed by atoms with Crippen molar-refractivity contribution in [2.75, 3.05) is 6.54 Å². The van der Waals surface area contributed by atoms with Crippen molar-refractivity contribution in [1.29, 1.82) is 5.26 Å². The highest BCUT2D eigenvalue weighted by Gasteiger charge is 2.17. The molecular formula is C13H16N4. The highest BCUT2D eigenvalue weighted by atomic mass is 15.1. The van der Waals surface area contributed by atoms with Crippen LogP contribution in [0.2, 0.25) is 0 Å². The van der Waals surface area contributed by atoms with Gasteiger partial charge in [-0.05, 0) is 32.0 Å². The second-order valence-electron chi connectivity index (χ2n) is 4.03.